The molecule has 0 amide bonds. The van der Waals surface area contributed by atoms with Gasteiger partial charge in [0.05, 0.1) is 18.4 Å². The van der Waals surface area contributed by atoms with Crippen LogP contribution in [0.4, 0.5) is 0 Å². The topological polar surface area (TPSA) is 79.8 Å². The van der Waals surface area contributed by atoms with Gasteiger partial charge in [-0.15, -0.1) is 0 Å². The predicted octanol–water partition coefficient (Wildman–Crippen LogP) is 3.30. The largest absolute Gasteiger partial charge is 0.491 e. The highest BCUT2D eigenvalue weighted by atomic mass is 32.2. The molecule has 0 aromatic heterocycles. The number of hydrogen-bond donors (Lipinski definition) is 2. The minimum absolute atomic E-state index is 0.103. The third kappa shape index (κ3) is 9.97. The molecular weight excluding hydrogens is 374 g/mol. The molecule has 0 aliphatic carbocycles. The Labute approximate surface area is 171 Å². The van der Waals surface area contributed by atoms with E-state index in [1.54, 1.807) is 0 Å². The fourth-order valence-electron chi connectivity index (χ4n) is 2.54. The first kappa shape index (κ1) is 24.3. The number of benzene rings is 1. The summed E-state index contributed by atoms with van der Waals surface area (Å²) >= 11 is 0. The maximum absolute atomic E-state index is 11.4. The molecule has 6 nitrogen and oxygen atoms in total. The van der Waals surface area contributed by atoms with Crippen molar-refractivity contribution >= 4 is 15.8 Å². The first-order valence-corrected chi connectivity index (χ1v) is 11.9. The molecule has 0 spiro atoms. The Morgan fingerprint density at radius 2 is 1.93 bits per heavy atom. The summed E-state index contributed by atoms with van der Waals surface area (Å²) < 4.78 is 28.8. The Hall–Kier alpha value is -1.76. The number of hydrogen-bond acceptors (Lipinski definition) is 4. The van der Waals surface area contributed by atoms with Gasteiger partial charge >= 0.3 is 0 Å². The number of nitrogens with one attached hydrogen (secondary N) is 2. The lowest BCUT2D eigenvalue weighted by molar-refractivity contribution is 0.240. The van der Waals surface area contributed by atoms with Crippen molar-refractivity contribution in [1.82, 2.24) is 10.6 Å². The quantitative estimate of drug-likeness (QED) is 0.456. The highest BCUT2D eigenvalue weighted by Crippen LogP contribution is 2.23. The molecule has 0 saturated carbocycles. The van der Waals surface area contributed by atoms with E-state index in [0.29, 0.717) is 25.5 Å². The number of aryl methyl sites for hydroxylation is 1. The Morgan fingerprint density at radius 1 is 1.25 bits per heavy atom. The average molecular weight is 412 g/mol. The van der Waals surface area contributed by atoms with Gasteiger partial charge in [0, 0.05) is 24.9 Å². The average Bonchev–Trinajstić information content (AvgIpc) is 2.56. The van der Waals surface area contributed by atoms with Crippen molar-refractivity contribution < 1.29 is 13.2 Å². The fourth-order valence-corrected chi connectivity index (χ4v) is 3.46. The van der Waals surface area contributed by atoms with Crippen LogP contribution < -0.4 is 15.4 Å². The first-order chi connectivity index (χ1) is 12.9. The lowest BCUT2D eigenvalue weighted by Crippen LogP contribution is -2.42. The van der Waals surface area contributed by atoms with Crippen molar-refractivity contribution in [3.05, 3.63) is 29.3 Å². The van der Waals surface area contributed by atoms with Gasteiger partial charge in [0.15, 0.2) is 5.96 Å². The summed E-state index contributed by atoms with van der Waals surface area (Å²) in [6, 6.07) is 6.16. The van der Waals surface area contributed by atoms with Gasteiger partial charge in [0.1, 0.15) is 15.6 Å². The molecule has 0 bridgehead atoms. The number of nitrogens with zero attached hydrogens (tertiary/aromatic N) is 1. The Bertz CT molecular complexity index is 756. The SMILES string of the molecule is CCNC(=NCc1ccc(C)cc1OC(C)C)NCC(C)(C)CCS(C)(=O)=O. The number of rotatable bonds is 10. The molecule has 1 aromatic rings. The third-order valence-corrected chi connectivity index (χ3v) is 5.17. The van der Waals surface area contributed by atoms with Crippen LogP contribution in [0, 0.1) is 12.3 Å². The highest BCUT2D eigenvalue weighted by molar-refractivity contribution is 7.90. The summed E-state index contributed by atoms with van der Waals surface area (Å²) in [5.74, 6) is 1.77. The molecule has 1 rings (SSSR count). The Kier molecular flexibility index (Phi) is 9.27. The van der Waals surface area contributed by atoms with Gasteiger partial charge < -0.3 is 15.4 Å². The van der Waals surface area contributed by atoms with Crippen molar-refractivity contribution in [2.75, 3.05) is 25.1 Å². The van der Waals surface area contributed by atoms with Gasteiger partial charge in [-0.25, -0.2) is 13.4 Å². The van der Waals surface area contributed by atoms with Crippen LogP contribution in [-0.2, 0) is 16.4 Å². The van der Waals surface area contributed by atoms with Crippen molar-refractivity contribution in [3.63, 3.8) is 0 Å². The second kappa shape index (κ2) is 10.7. The molecule has 0 aliphatic heterocycles. The van der Waals surface area contributed by atoms with Crippen LogP contribution in [0.3, 0.4) is 0 Å². The molecule has 0 radical (unpaired) electrons. The molecule has 0 unspecified atom stereocenters. The second-order valence-corrected chi connectivity index (χ2v) is 10.6. The summed E-state index contributed by atoms with van der Waals surface area (Å²) in [5.41, 5.74) is 2.03. The summed E-state index contributed by atoms with van der Waals surface area (Å²) in [4.78, 5) is 4.69. The van der Waals surface area contributed by atoms with E-state index in [0.717, 1.165) is 23.4 Å². The van der Waals surface area contributed by atoms with Crippen LogP contribution in [0.2, 0.25) is 0 Å². The van der Waals surface area contributed by atoms with Gasteiger partial charge in [-0.05, 0) is 51.2 Å². The summed E-state index contributed by atoms with van der Waals surface area (Å²) in [7, 11) is -2.96. The molecule has 7 heteroatoms. The van der Waals surface area contributed by atoms with Gasteiger partial charge in [-0.1, -0.05) is 26.0 Å². The van der Waals surface area contributed by atoms with Crippen molar-refractivity contribution in [3.8, 4) is 5.75 Å². The van der Waals surface area contributed by atoms with Crippen molar-refractivity contribution in [2.24, 2.45) is 10.4 Å². The normalized spacial score (nSPS) is 12.9. The number of sulfone groups is 1. The van der Waals surface area contributed by atoms with E-state index < -0.39 is 9.84 Å². The third-order valence-electron chi connectivity index (χ3n) is 4.22. The first-order valence-electron chi connectivity index (χ1n) is 9.88. The van der Waals surface area contributed by atoms with E-state index in [1.807, 2.05) is 33.8 Å². The molecule has 28 heavy (non-hydrogen) atoms. The summed E-state index contributed by atoms with van der Waals surface area (Å²) in [5, 5.41) is 6.59. The van der Waals surface area contributed by atoms with Gasteiger partial charge in [0.2, 0.25) is 0 Å². The van der Waals surface area contributed by atoms with E-state index in [9.17, 15) is 8.42 Å². The van der Waals surface area contributed by atoms with E-state index >= 15 is 0 Å². The number of guanidine groups is 1. The number of ether oxygens (including phenoxy) is 1. The molecule has 2 N–H and O–H groups in total. The number of aliphatic imine (C=N–C) groups is 1. The van der Waals surface area contributed by atoms with E-state index in [-0.39, 0.29) is 17.3 Å². The molecule has 0 heterocycles. The highest BCUT2D eigenvalue weighted by Gasteiger charge is 2.20. The van der Waals surface area contributed by atoms with Gasteiger partial charge in [-0.3, -0.25) is 0 Å². The Balaban J connectivity index is 2.82. The van der Waals surface area contributed by atoms with Crippen LogP contribution in [0.5, 0.6) is 5.75 Å². The lowest BCUT2D eigenvalue weighted by Gasteiger charge is -2.26. The lowest BCUT2D eigenvalue weighted by atomic mass is 9.90. The standard InChI is InChI=1S/C21H37N3O3S/c1-8-22-20(24-15-21(5,6)11-12-28(7,25)26)23-14-18-10-9-17(4)13-19(18)27-16(2)3/h9-10,13,16H,8,11-12,14-15H2,1-7H3,(H2,22,23,24). The van der Waals surface area contributed by atoms with Gasteiger partial charge in [-0.2, -0.15) is 0 Å². The zero-order valence-corrected chi connectivity index (χ0v) is 19.2. The minimum Gasteiger partial charge on any atom is -0.491 e. The van der Waals surface area contributed by atoms with Gasteiger partial charge in [0.25, 0.3) is 0 Å². The minimum atomic E-state index is -2.96. The molecule has 0 saturated heterocycles. The van der Waals surface area contributed by atoms with E-state index in [4.69, 9.17) is 4.74 Å². The zero-order valence-electron chi connectivity index (χ0n) is 18.4. The molecular formula is C21H37N3O3S. The fraction of sp³-hybridized carbons (Fsp3) is 0.667. The zero-order chi connectivity index (χ0) is 21.4. The summed E-state index contributed by atoms with van der Waals surface area (Å²) in [6.45, 7) is 14.1. The van der Waals surface area contributed by atoms with Crippen LogP contribution in [0.25, 0.3) is 0 Å². The maximum Gasteiger partial charge on any atom is 0.191 e. The second-order valence-electron chi connectivity index (χ2n) is 8.37. The molecule has 0 fully saturated rings. The van der Waals surface area contributed by atoms with Crippen LogP contribution in [-0.4, -0.2) is 45.6 Å². The monoisotopic (exact) mass is 411 g/mol. The predicted molar refractivity (Wildman–Crippen MR) is 118 cm³/mol. The van der Waals surface area contributed by atoms with E-state index in [1.165, 1.54) is 6.26 Å². The molecule has 160 valence electrons. The van der Waals surface area contributed by atoms with Crippen molar-refractivity contribution in [2.45, 2.75) is 60.6 Å². The van der Waals surface area contributed by atoms with Crippen molar-refractivity contribution in [1.29, 1.82) is 0 Å². The summed E-state index contributed by atoms with van der Waals surface area (Å²) in [6.07, 6.45) is 1.98. The Morgan fingerprint density at radius 3 is 2.50 bits per heavy atom. The molecule has 1 aromatic carbocycles. The molecule has 0 atom stereocenters. The van der Waals surface area contributed by atoms with Crippen LogP contribution in [0.15, 0.2) is 23.2 Å². The smallest absolute Gasteiger partial charge is 0.191 e. The van der Waals surface area contributed by atoms with Crippen LogP contribution in [0.1, 0.15) is 52.2 Å². The van der Waals surface area contributed by atoms with Crippen LogP contribution >= 0.6 is 0 Å². The maximum atomic E-state index is 11.4. The molecule has 0 aliphatic rings. The van der Waals surface area contributed by atoms with E-state index in [2.05, 4.69) is 41.6 Å².